The van der Waals surface area contributed by atoms with Gasteiger partial charge in [-0.15, -0.1) is 0 Å². The number of nitrogens with zero attached hydrogens (tertiary/aromatic N) is 3. The largest absolute Gasteiger partial charge is 0.453 e. The van der Waals surface area contributed by atoms with E-state index in [1.807, 2.05) is 17.1 Å². The van der Waals surface area contributed by atoms with Crippen molar-refractivity contribution in [1.29, 1.82) is 0 Å². The van der Waals surface area contributed by atoms with Crippen LogP contribution in [0.4, 0.5) is 10.1 Å². The van der Waals surface area contributed by atoms with Gasteiger partial charge in [0.2, 0.25) is 0 Å². The lowest BCUT2D eigenvalue weighted by molar-refractivity contribution is 0.432. The molecule has 1 aliphatic heterocycles. The van der Waals surface area contributed by atoms with Crippen LogP contribution in [0.2, 0.25) is 0 Å². The van der Waals surface area contributed by atoms with Crippen LogP contribution in [-0.4, -0.2) is 14.5 Å². The average Bonchev–Trinajstić information content (AvgIpc) is 3.14. The number of pyridine rings is 1. The molecule has 3 aromatic rings. The van der Waals surface area contributed by atoms with Gasteiger partial charge in [-0.1, -0.05) is 17.7 Å². The van der Waals surface area contributed by atoms with Crippen molar-refractivity contribution in [3.8, 4) is 23.3 Å². The monoisotopic (exact) mass is 380 g/mol. The zero-order valence-electron chi connectivity index (χ0n) is 14.8. The van der Waals surface area contributed by atoms with E-state index in [0.29, 0.717) is 23.2 Å². The molecule has 0 bridgehead atoms. The number of imidazole rings is 1. The molecule has 2 N–H and O–H groups in total. The van der Waals surface area contributed by atoms with Crippen LogP contribution in [0.1, 0.15) is 36.5 Å². The molecule has 2 aromatic heterocycles. The van der Waals surface area contributed by atoms with E-state index in [1.54, 1.807) is 18.3 Å². The topological polar surface area (TPSA) is 66.0 Å². The summed E-state index contributed by atoms with van der Waals surface area (Å²) in [4.78, 5) is 9.56. The Morgan fingerprint density at radius 1 is 1.26 bits per heavy atom. The molecule has 5 nitrogen and oxygen atoms in total. The van der Waals surface area contributed by atoms with Gasteiger partial charge in [-0.2, -0.15) is 0 Å². The summed E-state index contributed by atoms with van der Waals surface area (Å²) in [5.41, 5.74) is 7.44. The molecule has 4 rings (SSSR count). The molecule has 1 aromatic carbocycles. The van der Waals surface area contributed by atoms with Gasteiger partial charge in [0.1, 0.15) is 16.7 Å². The van der Waals surface area contributed by atoms with Crippen LogP contribution in [-0.2, 0) is 0 Å². The van der Waals surface area contributed by atoms with E-state index in [4.69, 9.17) is 10.5 Å². The van der Waals surface area contributed by atoms with Gasteiger partial charge in [-0.05, 0) is 31.9 Å². The van der Waals surface area contributed by atoms with E-state index >= 15 is 0 Å². The summed E-state index contributed by atoms with van der Waals surface area (Å²) >= 11 is 1.51. The maximum absolute atomic E-state index is 14.1. The van der Waals surface area contributed by atoms with E-state index in [-0.39, 0.29) is 11.0 Å². The lowest BCUT2D eigenvalue weighted by Crippen LogP contribution is -2.02. The van der Waals surface area contributed by atoms with Crippen molar-refractivity contribution in [2.24, 2.45) is 0 Å². The number of nitrogen functional groups attached to an aromatic ring is 1. The van der Waals surface area contributed by atoms with Gasteiger partial charge < -0.3 is 15.0 Å². The molecule has 136 valence electrons. The Kier molecular flexibility index (Phi) is 4.50. The normalized spacial score (nSPS) is 15.2. The number of anilines is 1. The minimum atomic E-state index is -0.514. The summed E-state index contributed by atoms with van der Waals surface area (Å²) in [7, 11) is 0. The van der Waals surface area contributed by atoms with Crippen molar-refractivity contribution < 1.29 is 9.13 Å². The number of rotatable bonds is 4. The predicted molar refractivity (Wildman–Crippen MR) is 103 cm³/mol. The molecule has 0 amide bonds. The summed E-state index contributed by atoms with van der Waals surface area (Å²) < 4.78 is 22.0. The van der Waals surface area contributed by atoms with E-state index in [0.717, 1.165) is 10.6 Å². The zero-order valence-corrected chi connectivity index (χ0v) is 15.6. The van der Waals surface area contributed by atoms with E-state index < -0.39 is 5.82 Å². The Labute approximate surface area is 160 Å². The van der Waals surface area contributed by atoms with Gasteiger partial charge in [0.25, 0.3) is 0 Å². The Bertz CT molecular complexity index is 1070. The molecule has 0 spiro atoms. The summed E-state index contributed by atoms with van der Waals surface area (Å²) in [6.07, 6.45) is 5.41. The number of halogens is 1. The maximum Gasteiger partial charge on any atom is 0.167 e. The first-order valence-corrected chi connectivity index (χ1v) is 9.32. The molecule has 7 heteroatoms. The number of aromatic nitrogens is 3. The third kappa shape index (κ3) is 3.49. The molecule has 0 aliphatic carbocycles. The molecular weight excluding hydrogens is 363 g/mol. The molecule has 27 heavy (non-hydrogen) atoms. The first-order valence-electron chi connectivity index (χ1n) is 8.44. The van der Waals surface area contributed by atoms with E-state index in [2.05, 4.69) is 35.7 Å². The smallest absolute Gasteiger partial charge is 0.167 e. The van der Waals surface area contributed by atoms with Crippen LogP contribution in [0.15, 0.2) is 47.9 Å². The van der Waals surface area contributed by atoms with Crippen LogP contribution >= 0.6 is 11.8 Å². The van der Waals surface area contributed by atoms with Crippen LogP contribution < -0.4 is 10.5 Å². The van der Waals surface area contributed by atoms with Crippen LogP contribution in [0, 0.1) is 17.7 Å². The van der Waals surface area contributed by atoms with Crippen LogP contribution in [0.5, 0.6) is 11.5 Å². The lowest BCUT2D eigenvalue weighted by Gasteiger charge is -2.17. The maximum atomic E-state index is 14.1. The molecule has 1 aliphatic rings. The zero-order chi connectivity index (χ0) is 19.0. The molecular formula is C20H17FN4OS. The first-order chi connectivity index (χ1) is 13.0. The minimum absolute atomic E-state index is 0.109. The Hall–Kier alpha value is -2.98. The summed E-state index contributed by atoms with van der Waals surface area (Å²) in [5, 5.41) is -0.139. The van der Waals surface area contributed by atoms with Gasteiger partial charge in [-0.25, -0.2) is 14.4 Å². The number of fused-ring (bicyclic) bond motifs is 1. The second-order valence-corrected chi connectivity index (χ2v) is 7.50. The molecule has 1 atom stereocenters. The fourth-order valence-corrected chi connectivity index (χ4v) is 3.66. The predicted octanol–water partition coefficient (Wildman–Crippen LogP) is 4.57. The number of ether oxygens (including phenoxy) is 1. The van der Waals surface area contributed by atoms with Crippen molar-refractivity contribution in [2.45, 2.75) is 30.0 Å². The SMILES string of the molecule is CC(C)n1cnc(C2C#Cc3nccc(Oc4ccc(N)cc4F)c3S2)c1. The highest BCUT2D eigenvalue weighted by atomic mass is 32.2. The molecule has 1 unspecified atom stereocenters. The van der Waals surface area contributed by atoms with Crippen molar-refractivity contribution in [3.05, 3.63) is 60.2 Å². The number of thioether (sulfide) groups is 1. The van der Waals surface area contributed by atoms with Gasteiger partial charge >= 0.3 is 0 Å². The highest BCUT2D eigenvalue weighted by Gasteiger charge is 2.23. The summed E-state index contributed by atoms with van der Waals surface area (Å²) in [5.74, 6) is 6.36. The Balaban J connectivity index is 1.65. The third-order valence-corrected chi connectivity index (χ3v) is 5.31. The first kappa shape index (κ1) is 17.4. The minimum Gasteiger partial charge on any atom is -0.453 e. The summed E-state index contributed by atoms with van der Waals surface area (Å²) in [6.45, 7) is 4.19. The molecule has 0 radical (unpaired) electrons. The second kappa shape index (κ2) is 6.97. The molecule has 3 heterocycles. The number of nitrogens with two attached hydrogens (primary N) is 1. The van der Waals surface area contributed by atoms with Crippen molar-refractivity contribution in [2.75, 3.05) is 5.73 Å². The fourth-order valence-electron chi connectivity index (χ4n) is 2.62. The molecule has 0 saturated carbocycles. The standard InChI is InChI=1S/C20H17FN4OS/c1-12(2)25-10-16(24-11-25)19-6-4-15-20(27-19)18(7-8-23-15)26-17-5-3-13(22)9-14(17)21/h3,5,7-12,19H,22H2,1-2H3. The average molecular weight is 380 g/mol. The number of benzene rings is 1. The molecule has 0 fully saturated rings. The van der Waals surface area contributed by atoms with Crippen molar-refractivity contribution in [1.82, 2.24) is 14.5 Å². The van der Waals surface area contributed by atoms with Gasteiger partial charge in [-0.3, -0.25) is 0 Å². The molecule has 0 saturated heterocycles. The van der Waals surface area contributed by atoms with Crippen molar-refractivity contribution in [3.63, 3.8) is 0 Å². The van der Waals surface area contributed by atoms with E-state index in [1.165, 1.54) is 23.9 Å². The summed E-state index contributed by atoms with van der Waals surface area (Å²) in [6, 6.07) is 6.38. The third-order valence-electron chi connectivity index (χ3n) is 4.09. The second-order valence-electron chi connectivity index (χ2n) is 6.39. The van der Waals surface area contributed by atoms with Crippen LogP contribution in [0.25, 0.3) is 0 Å². The number of hydrogen-bond donors (Lipinski definition) is 1. The van der Waals surface area contributed by atoms with Crippen LogP contribution in [0.3, 0.4) is 0 Å². The highest BCUT2D eigenvalue weighted by molar-refractivity contribution is 8.00. The lowest BCUT2D eigenvalue weighted by atomic mass is 10.2. The van der Waals surface area contributed by atoms with Gasteiger partial charge in [0, 0.05) is 36.3 Å². The Morgan fingerprint density at radius 3 is 2.85 bits per heavy atom. The highest BCUT2D eigenvalue weighted by Crippen LogP contribution is 2.44. The van der Waals surface area contributed by atoms with E-state index in [9.17, 15) is 4.39 Å². The Morgan fingerprint density at radius 2 is 2.11 bits per heavy atom. The van der Waals surface area contributed by atoms with Gasteiger partial charge in [0.05, 0.1) is 16.9 Å². The fraction of sp³-hybridized carbons (Fsp3) is 0.200. The van der Waals surface area contributed by atoms with Crippen molar-refractivity contribution >= 4 is 17.4 Å². The number of hydrogen-bond acceptors (Lipinski definition) is 5. The quantitative estimate of drug-likeness (QED) is 0.530. The van der Waals surface area contributed by atoms with Gasteiger partial charge in [0.15, 0.2) is 11.6 Å².